The second-order valence-electron chi connectivity index (χ2n) is 4.23. The molecule has 4 N–H and O–H groups in total. The molecular formula is C11H22N2O3. The van der Waals surface area contributed by atoms with Crippen LogP contribution in [0.3, 0.4) is 0 Å². The van der Waals surface area contributed by atoms with Gasteiger partial charge in [-0.05, 0) is 25.3 Å². The van der Waals surface area contributed by atoms with Gasteiger partial charge in [-0.3, -0.25) is 4.79 Å². The number of amides is 1. The lowest BCUT2D eigenvalue weighted by molar-refractivity contribution is -0.143. The number of nitrogens with one attached hydrogen (secondary N) is 1. The predicted molar refractivity (Wildman–Crippen MR) is 61.9 cm³/mol. The predicted octanol–water partition coefficient (Wildman–Crippen LogP) is 0.731. The molecule has 0 radical (unpaired) electrons. The van der Waals surface area contributed by atoms with E-state index in [0.29, 0.717) is 13.0 Å². The van der Waals surface area contributed by atoms with Gasteiger partial charge in [0, 0.05) is 6.42 Å². The maximum absolute atomic E-state index is 11.4. The minimum Gasteiger partial charge on any atom is -0.480 e. The maximum Gasteiger partial charge on any atom is 0.326 e. The molecule has 0 rings (SSSR count). The zero-order valence-corrected chi connectivity index (χ0v) is 10.0. The molecule has 0 bridgehead atoms. The fourth-order valence-electron chi connectivity index (χ4n) is 1.37. The van der Waals surface area contributed by atoms with Crippen LogP contribution in [0.1, 0.15) is 39.5 Å². The van der Waals surface area contributed by atoms with Gasteiger partial charge in [-0.25, -0.2) is 4.79 Å². The highest BCUT2D eigenvalue weighted by molar-refractivity contribution is 5.83. The standard InChI is InChI=1S/C11H22N2O3/c1-8(2)10(11(15)16)13-9(14)6-4-3-5-7-12/h8,10H,3-7,12H2,1-2H3,(H,13,14)(H,15,16)/t10-/m0/s1. The quantitative estimate of drug-likeness (QED) is 0.536. The molecule has 0 aliphatic rings. The van der Waals surface area contributed by atoms with E-state index in [1.165, 1.54) is 0 Å². The summed E-state index contributed by atoms with van der Waals surface area (Å²) < 4.78 is 0. The van der Waals surface area contributed by atoms with Gasteiger partial charge in [0.1, 0.15) is 6.04 Å². The smallest absolute Gasteiger partial charge is 0.326 e. The van der Waals surface area contributed by atoms with Gasteiger partial charge >= 0.3 is 5.97 Å². The van der Waals surface area contributed by atoms with Gasteiger partial charge in [-0.1, -0.05) is 20.3 Å². The molecule has 0 aliphatic heterocycles. The van der Waals surface area contributed by atoms with E-state index in [1.54, 1.807) is 13.8 Å². The first kappa shape index (κ1) is 14.9. The highest BCUT2D eigenvalue weighted by Crippen LogP contribution is 2.04. The minimum absolute atomic E-state index is 0.106. The van der Waals surface area contributed by atoms with Crippen LogP contribution in [0.25, 0.3) is 0 Å². The van der Waals surface area contributed by atoms with Gasteiger partial charge < -0.3 is 16.2 Å². The number of carboxylic acid groups (broad SMARTS) is 1. The second-order valence-corrected chi connectivity index (χ2v) is 4.23. The van der Waals surface area contributed by atoms with Crippen molar-refractivity contribution in [2.75, 3.05) is 6.54 Å². The van der Waals surface area contributed by atoms with Crippen LogP contribution in [-0.4, -0.2) is 29.6 Å². The van der Waals surface area contributed by atoms with E-state index >= 15 is 0 Å². The summed E-state index contributed by atoms with van der Waals surface area (Å²) in [6, 6.07) is -0.790. The average molecular weight is 230 g/mol. The van der Waals surface area contributed by atoms with Crippen molar-refractivity contribution in [2.45, 2.75) is 45.6 Å². The van der Waals surface area contributed by atoms with E-state index in [0.717, 1.165) is 19.3 Å². The van der Waals surface area contributed by atoms with Crippen LogP contribution < -0.4 is 11.1 Å². The molecule has 0 aromatic carbocycles. The van der Waals surface area contributed by atoms with Crippen LogP contribution in [0.4, 0.5) is 0 Å². The van der Waals surface area contributed by atoms with Crippen molar-refractivity contribution < 1.29 is 14.7 Å². The number of aliphatic carboxylic acids is 1. The number of carboxylic acids is 1. The first-order chi connectivity index (χ1) is 7.49. The Bertz CT molecular complexity index is 229. The molecule has 1 amide bonds. The first-order valence-electron chi connectivity index (χ1n) is 5.71. The summed E-state index contributed by atoms with van der Waals surface area (Å²) in [4.78, 5) is 22.2. The Morgan fingerprint density at radius 2 is 1.88 bits per heavy atom. The molecule has 0 fully saturated rings. The number of nitrogens with two attached hydrogens (primary N) is 1. The lowest BCUT2D eigenvalue weighted by Gasteiger charge is -2.17. The zero-order chi connectivity index (χ0) is 12.6. The van der Waals surface area contributed by atoms with Gasteiger partial charge in [-0.2, -0.15) is 0 Å². The van der Waals surface area contributed by atoms with Crippen molar-refractivity contribution in [3.63, 3.8) is 0 Å². The average Bonchev–Trinajstić information content (AvgIpc) is 2.20. The molecule has 5 heteroatoms. The fourth-order valence-corrected chi connectivity index (χ4v) is 1.37. The molecule has 0 unspecified atom stereocenters. The molecule has 5 nitrogen and oxygen atoms in total. The summed E-state index contributed by atoms with van der Waals surface area (Å²) in [7, 11) is 0. The Hall–Kier alpha value is -1.10. The summed E-state index contributed by atoms with van der Waals surface area (Å²) in [5.41, 5.74) is 5.33. The molecule has 0 spiro atoms. The van der Waals surface area contributed by atoms with Crippen LogP contribution in [0.2, 0.25) is 0 Å². The van der Waals surface area contributed by atoms with Crippen LogP contribution in [0.5, 0.6) is 0 Å². The van der Waals surface area contributed by atoms with Gasteiger partial charge in [-0.15, -0.1) is 0 Å². The lowest BCUT2D eigenvalue weighted by atomic mass is 10.0. The van der Waals surface area contributed by atoms with E-state index in [2.05, 4.69) is 5.32 Å². The summed E-state index contributed by atoms with van der Waals surface area (Å²) in [6.07, 6.45) is 2.94. The molecule has 0 aromatic heterocycles. The Labute approximate surface area is 96.4 Å². The molecule has 0 saturated heterocycles. The molecular weight excluding hydrogens is 208 g/mol. The monoisotopic (exact) mass is 230 g/mol. The highest BCUT2D eigenvalue weighted by Gasteiger charge is 2.22. The normalized spacial score (nSPS) is 12.5. The molecule has 0 aliphatic carbocycles. The number of rotatable bonds is 8. The summed E-state index contributed by atoms with van der Waals surface area (Å²) in [5, 5.41) is 11.4. The van der Waals surface area contributed by atoms with Crippen molar-refractivity contribution in [1.29, 1.82) is 0 Å². The van der Waals surface area contributed by atoms with Gasteiger partial charge in [0.15, 0.2) is 0 Å². The van der Waals surface area contributed by atoms with Crippen LogP contribution >= 0.6 is 0 Å². The molecule has 0 saturated carbocycles. The van der Waals surface area contributed by atoms with Crippen LogP contribution in [0.15, 0.2) is 0 Å². The van der Waals surface area contributed by atoms with Crippen LogP contribution in [-0.2, 0) is 9.59 Å². The SMILES string of the molecule is CC(C)[C@H](NC(=O)CCCCCN)C(=O)O. The fraction of sp³-hybridized carbons (Fsp3) is 0.818. The van der Waals surface area contributed by atoms with Gasteiger partial charge in [0.25, 0.3) is 0 Å². The number of carbonyl (C=O) groups excluding carboxylic acids is 1. The third-order valence-corrected chi connectivity index (χ3v) is 2.36. The first-order valence-corrected chi connectivity index (χ1v) is 5.71. The van der Waals surface area contributed by atoms with Gasteiger partial charge in [0.05, 0.1) is 0 Å². The van der Waals surface area contributed by atoms with Crippen molar-refractivity contribution >= 4 is 11.9 Å². The summed E-state index contributed by atoms with van der Waals surface area (Å²) in [6.45, 7) is 4.17. The number of carbonyl (C=O) groups is 2. The van der Waals surface area contributed by atoms with Crippen molar-refractivity contribution in [3.05, 3.63) is 0 Å². The molecule has 16 heavy (non-hydrogen) atoms. The van der Waals surface area contributed by atoms with Crippen molar-refractivity contribution in [3.8, 4) is 0 Å². The Balaban J connectivity index is 3.87. The number of unbranched alkanes of at least 4 members (excludes halogenated alkanes) is 2. The Morgan fingerprint density at radius 3 is 2.31 bits per heavy atom. The van der Waals surface area contributed by atoms with Crippen molar-refractivity contribution in [2.24, 2.45) is 11.7 Å². The van der Waals surface area contributed by atoms with E-state index in [9.17, 15) is 9.59 Å². The molecule has 0 heterocycles. The maximum atomic E-state index is 11.4. The Morgan fingerprint density at radius 1 is 1.25 bits per heavy atom. The second kappa shape index (κ2) is 8.10. The molecule has 0 aromatic rings. The minimum atomic E-state index is -0.981. The summed E-state index contributed by atoms with van der Waals surface area (Å²) in [5.74, 6) is -1.28. The number of hydrogen-bond donors (Lipinski definition) is 3. The summed E-state index contributed by atoms with van der Waals surface area (Å²) >= 11 is 0. The third kappa shape index (κ3) is 6.40. The molecule has 1 atom stereocenters. The van der Waals surface area contributed by atoms with E-state index in [1.807, 2.05) is 0 Å². The molecule has 94 valence electrons. The zero-order valence-electron chi connectivity index (χ0n) is 10.0. The third-order valence-electron chi connectivity index (χ3n) is 2.36. The largest absolute Gasteiger partial charge is 0.480 e. The van der Waals surface area contributed by atoms with E-state index in [-0.39, 0.29) is 11.8 Å². The van der Waals surface area contributed by atoms with Gasteiger partial charge in [0.2, 0.25) is 5.91 Å². The van der Waals surface area contributed by atoms with E-state index < -0.39 is 12.0 Å². The Kier molecular flexibility index (Phi) is 7.54. The van der Waals surface area contributed by atoms with E-state index in [4.69, 9.17) is 10.8 Å². The number of hydrogen-bond acceptors (Lipinski definition) is 3. The highest BCUT2D eigenvalue weighted by atomic mass is 16.4. The lowest BCUT2D eigenvalue weighted by Crippen LogP contribution is -2.44. The van der Waals surface area contributed by atoms with Crippen LogP contribution in [0, 0.1) is 5.92 Å². The topological polar surface area (TPSA) is 92.4 Å². The van der Waals surface area contributed by atoms with Crippen molar-refractivity contribution in [1.82, 2.24) is 5.32 Å².